The second-order valence-corrected chi connectivity index (χ2v) is 5.98. The van der Waals surface area contributed by atoms with Crippen molar-refractivity contribution >= 4 is 23.2 Å². The third-order valence-electron chi connectivity index (χ3n) is 4.21. The second-order valence-electron chi connectivity index (χ2n) is 5.19. The van der Waals surface area contributed by atoms with Crippen LogP contribution in [0, 0.1) is 0 Å². The molecule has 1 fully saturated rings. The largest absolute Gasteiger partial charge is 0.376 e. The maximum absolute atomic E-state index is 6.38. The summed E-state index contributed by atoms with van der Waals surface area (Å²) in [6, 6.07) is 5.87. The van der Waals surface area contributed by atoms with Crippen molar-refractivity contribution in [3.05, 3.63) is 33.8 Å². The Balaban J connectivity index is 2.40. The van der Waals surface area contributed by atoms with Gasteiger partial charge in [-0.05, 0) is 31.5 Å². The lowest BCUT2D eigenvalue weighted by Gasteiger charge is -2.43. The van der Waals surface area contributed by atoms with Gasteiger partial charge in [-0.1, -0.05) is 54.6 Å². The molecule has 2 nitrogen and oxygen atoms in total. The highest BCUT2D eigenvalue weighted by molar-refractivity contribution is 6.42. The van der Waals surface area contributed by atoms with Gasteiger partial charge in [-0.3, -0.25) is 0 Å². The molecule has 1 N–H and O–H groups in total. The van der Waals surface area contributed by atoms with Crippen LogP contribution < -0.4 is 5.32 Å². The Hall–Kier alpha value is -0.280. The zero-order valence-electron chi connectivity index (χ0n) is 11.5. The van der Waals surface area contributed by atoms with Crippen molar-refractivity contribution < 1.29 is 4.74 Å². The first-order chi connectivity index (χ1) is 9.14. The van der Waals surface area contributed by atoms with E-state index in [2.05, 4.69) is 5.32 Å². The molecule has 0 aliphatic heterocycles. The van der Waals surface area contributed by atoms with Crippen LogP contribution in [0.5, 0.6) is 0 Å². The zero-order chi connectivity index (χ0) is 13.9. The first kappa shape index (κ1) is 15.1. The summed E-state index contributed by atoms with van der Waals surface area (Å²) in [5.41, 5.74) is 0.849. The molecule has 1 aliphatic carbocycles. The number of hydrogen-bond acceptors (Lipinski definition) is 2. The molecule has 0 bridgehead atoms. The number of ether oxygens (including phenoxy) is 1. The smallest absolute Gasteiger partial charge is 0.0872 e. The summed E-state index contributed by atoms with van der Waals surface area (Å²) in [5, 5.41) is 4.61. The molecule has 0 saturated heterocycles. The highest BCUT2D eigenvalue weighted by atomic mass is 35.5. The molecule has 2 rings (SSSR count). The predicted molar refractivity (Wildman–Crippen MR) is 81.1 cm³/mol. The minimum Gasteiger partial charge on any atom is -0.376 e. The summed E-state index contributed by atoms with van der Waals surface area (Å²) < 4.78 is 5.92. The lowest BCUT2D eigenvalue weighted by atomic mass is 9.76. The molecule has 1 aromatic carbocycles. The molecule has 1 saturated carbocycles. The van der Waals surface area contributed by atoms with Crippen LogP contribution in [0.1, 0.15) is 43.7 Å². The van der Waals surface area contributed by atoms with Gasteiger partial charge in [0.05, 0.1) is 21.7 Å². The molecule has 1 aromatic rings. The van der Waals surface area contributed by atoms with Crippen LogP contribution in [0.2, 0.25) is 10.0 Å². The van der Waals surface area contributed by atoms with Crippen LogP contribution in [0.25, 0.3) is 0 Å². The Morgan fingerprint density at radius 2 is 1.89 bits per heavy atom. The van der Waals surface area contributed by atoms with Gasteiger partial charge in [-0.25, -0.2) is 0 Å². The Labute approximate surface area is 125 Å². The van der Waals surface area contributed by atoms with Gasteiger partial charge in [0.15, 0.2) is 0 Å². The lowest BCUT2D eigenvalue weighted by Crippen LogP contribution is -2.46. The average Bonchev–Trinajstić information content (AvgIpc) is 2.45. The van der Waals surface area contributed by atoms with E-state index < -0.39 is 0 Å². The van der Waals surface area contributed by atoms with Crippen LogP contribution >= 0.6 is 23.2 Å². The number of hydrogen-bond donors (Lipinski definition) is 1. The summed E-state index contributed by atoms with van der Waals surface area (Å²) in [5.74, 6) is 0. The highest BCUT2D eigenvalue weighted by Crippen LogP contribution is 2.43. The molecule has 0 spiro atoms. The van der Waals surface area contributed by atoms with E-state index in [1.165, 1.54) is 19.3 Å². The fourth-order valence-corrected chi connectivity index (χ4v) is 3.62. The van der Waals surface area contributed by atoms with Gasteiger partial charge >= 0.3 is 0 Å². The molecule has 4 heteroatoms. The number of nitrogens with one attached hydrogen (secondary N) is 1. The number of methoxy groups -OCH3 is 1. The van der Waals surface area contributed by atoms with Gasteiger partial charge in [0.25, 0.3) is 0 Å². The molecule has 106 valence electrons. The third-order valence-corrected chi connectivity index (χ3v) is 5.05. The number of halogens is 2. The van der Waals surface area contributed by atoms with Gasteiger partial charge < -0.3 is 10.1 Å². The van der Waals surface area contributed by atoms with Gasteiger partial charge in [0.2, 0.25) is 0 Å². The van der Waals surface area contributed by atoms with E-state index in [-0.39, 0.29) is 11.6 Å². The summed E-state index contributed by atoms with van der Waals surface area (Å²) in [7, 11) is 3.76. The van der Waals surface area contributed by atoms with E-state index in [4.69, 9.17) is 27.9 Å². The van der Waals surface area contributed by atoms with E-state index in [1.807, 2.05) is 25.2 Å². The molecule has 1 atom stereocenters. The molecule has 0 aromatic heterocycles. The van der Waals surface area contributed by atoms with Crippen molar-refractivity contribution in [1.29, 1.82) is 0 Å². The standard InChI is InChI=1S/C15H21Cl2NO/c1-18-14(11-7-6-8-12(16)13(11)17)15(19-2)9-4-3-5-10-15/h6-8,14,18H,3-5,9-10H2,1-2H3. The maximum atomic E-state index is 6.38. The van der Waals surface area contributed by atoms with Crippen LogP contribution in [0.15, 0.2) is 18.2 Å². The molecule has 19 heavy (non-hydrogen) atoms. The molecule has 0 amide bonds. The van der Waals surface area contributed by atoms with E-state index in [1.54, 1.807) is 7.11 Å². The van der Waals surface area contributed by atoms with Crippen LogP contribution in [-0.4, -0.2) is 19.8 Å². The highest BCUT2D eigenvalue weighted by Gasteiger charge is 2.41. The molecule has 0 heterocycles. The topological polar surface area (TPSA) is 21.3 Å². The number of likely N-dealkylation sites (N-methyl/N-ethyl adjacent to an activating group) is 1. The summed E-state index contributed by atoms with van der Waals surface area (Å²) in [6.45, 7) is 0. The minimum atomic E-state index is -0.179. The molecular weight excluding hydrogens is 281 g/mol. The Bertz CT molecular complexity index is 430. The van der Waals surface area contributed by atoms with Gasteiger partial charge in [-0.15, -0.1) is 0 Å². The van der Waals surface area contributed by atoms with Crippen LogP contribution in [-0.2, 0) is 4.74 Å². The zero-order valence-corrected chi connectivity index (χ0v) is 13.0. The van der Waals surface area contributed by atoms with Crippen molar-refractivity contribution in [2.24, 2.45) is 0 Å². The predicted octanol–water partition coefficient (Wildman–Crippen LogP) is 4.60. The quantitative estimate of drug-likeness (QED) is 0.877. The second kappa shape index (κ2) is 6.45. The fraction of sp³-hybridized carbons (Fsp3) is 0.600. The van der Waals surface area contributed by atoms with Crippen molar-refractivity contribution in [2.45, 2.75) is 43.7 Å². The first-order valence-electron chi connectivity index (χ1n) is 6.81. The summed E-state index contributed by atoms with van der Waals surface area (Å²) >= 11 is 12.5. The number of benzene rings is 1. The Morgan fingerprint density at radius 1 is 1.21 bits per heavy atom. The van der Waals surface area contributed by atoms with Gasteiger partial charge in [-0.2, -0.15) is 0 Å². The average molecular weight is 302 g/mol. The molecular formula is C15H21Cl2NO. The number of rotatable bonds is 4. The summed E-state index contributed by atoms with van der Waals surface area (Å²) in [6.07, 6.45) is 5.79. The fourth-order valence-electron chi connectivity index (χ4n) is 3.21. The van der Waals surface area contributed by atoms with Crippen LogP contribution in [0.4, 0.5) is 0 Å². The SMILES string of the molecule is CNC(c1cccc(Cl)c1Cl)C1(OC)CCCCC1. The van der Waals surface area contributed by atoms with Gasteiger partial charge in [0.1, 0.15) is 0 Å². The van der Waals surface area contributed by atoms with Crippen molar-refractivity contribution in [3.8, 4) is 0 Å². The normalized spacial score (nSPS) is 20.2. The Morgan fingerprint density at radius 3 is 2.47 bits per heavy atom. The molecule has 1 aliphatic rings. The van der Waals surface area contributed by atoms with Crippen LogP contribution in [0.3, 0.4) is 0 Å². The van der Waals surface area contributed by atoms with Crippen molar-refractivity contribution in [3.63, 3.8) is 0 Å². The van der Waals surface area contributed by atoms with Crippen molar-refractivity contribution in [2.75, 3.05) is 14.2 Å². The third kappa shape index (κ3) is 2.92. The van der Waals surface area contributed by atoms with Gasteiger partial charge in [0, 0.05) is 7.11 Å². The lowest BCUT2D eigenvalue weighted by molar-refractivity contribution is -0.0671. The minimum absolute atomic E-state index is 0.0731. The van der Waals surface area contributed by atoms with Crippen molar-refractivity contribution in [1.82, 2.24) is 5.32 Å². The van der Waals surface area contributed by atoms with E-state index in [9.17, 15) is 0 Å². The maximum Gasteiger partial charge on any atom is 0.0872 e. The van der Waals surface area contributed by atoms with E-state index in [0.29, 0.717) is 10.0 Å². The summed E-state index contributed by atoms with van der Waals surface area (Å²) in [4.78, 5) is 0. The molecule has 0 radical (unpaired) electrons. The molecule has 1 unspecified atom stereocenters. The Kier molecular flexibility index (Phi) is 5.13. The first-order valence-corrected chi connectivity index (χ1v) is 7.56. The van der Waals surface area contributed by atoms with E-state index in [0.717, 1.165) is 18.4 Å². The van der Waals surface area contributed by atoms with E-state index >= 15 is 0 Å². The monoisotopic (exact) mass is 301 g/mol.